The minimum Gasteiger partial charge on any atom is -0.256 e. The van der Waals surface area contributed by atoms with Crippen LogP contribution < -0.4 is 0 Å². The van der Waals surface area contributed by atoms with Gasteiger partial charge in [0.15, 0.2) is 0 Å². The summed E-state index contributed by atoms with van der Waals surface area (Å²) in [6, 6.07) is 12.8. The highest BCUT2D eigenvalue weighted by atomic mass is 79.9. The Morgan fingerprint density at radius 1 is 0.895 bits per heavy atom. The molecule has 2 heteroatoms. The number of hydrogen-bond donors (Lipinski definition) is 0. The summed E-state index contributed by atoms with van der Waals surface area (Å²) >= 11 is 3.46. The zero-order chi connectivity index (χ0) is 13.1. The van der Waals surface area contributed by atoms with E-state index >= 15 is 0 Å². The van der Waals surface area contributed by atoms with Crippen LogP contribution >= 0.6 is 15.9 Å². The third-order valence-electron chi connectivity index (χ3n) is 4.00. The molecule has 1 saturated carbocycles. The van der Waals surface area contributed by atoms with Gasteiger partial charge in [0.05, 0.1) is 5.69 Å². The van der Waals surface area contributed by atoms with E-state index in [0.717, 1.165) is 16.1 Å². The Hall–Kier alpha value is -1.15. The first kappa shape index (κ1) is 12.9. The van der Waals surface area contributed by atoms with Crippen molar-refractivity contribution in [1.29, 1.82) is 0 Å². The SMILES string of the molecule is Brc1ccc(-c2ccc(C3CCCCC3)cn2)cc1. The summed E-state index contributed by atoms with van der Waals surface area (Å²) in [4.78, 5) is 4.64. The van der Waals surface area contributed by atoms with Crippen molar-refractivity contribution >= 4 is 15.9 Å². The molecule has 3 rings (SSSR count). The van der Waals surface area contributed by atoms with Gasteiger partial charge in [0.2, 0.25) is 0 Å². The fraction of sp³-hybridized carbons (Fsp3) is 0.353. The van der Waals surface area contributed by atoms with E-state index in [1.165, 1.54) is 43.2 Å². The van der Waals surface area contributed by atoms with Gasteiger partial charge in [-0.1, -0.05) is 53.4 Å². The number of nitrogens with zero attached hydrogens (tertiary/aromatic N) is 1. The van der Waals surface area contributed by atoms with Crippen LogP contribution in [0.15, 0.2) is 47.1 Å². The molecule has 0 N–H and O–H groups in total. The van der Waals surface area contributed by atoms with E-state index in [1.807, 2.05) is 0 Å². The van der Waals surface area contributed by atoms with E-state index in [9.17, 15) is 0 Å². The second-order valence-electron chi connectivity index (χ2n) is 5.32. The average Bonchev–Trinajstić information content (AvgIpc) is 2.49. The molecule has 1 fully saturated rings. The summed E-state index contributed by atoms with van der Waals surface area (Å²) in [5.74, 6) is 0.736. The normalized spacial score (nSPS) is 16.5. The molecule has 98 valence electrons. The van der Waals surface area contributed by atoms with Crippen LogP contribution in [0.4, 0.5) is 0 Å². The quantitative estimate of drug-likeness (QED) is 0.707. The molecule has 0 atom stereocenters. The molecule has 0 bridgehead atoms. The lowest BCUT2D eigenvalue weighted by atomic mass is 9.85. The third-order valence-corrected chi connectivity index (χ3v) is 4.53. The number of rotatable bonds is 2. The maximum atomic E-state index is 4.64. The third kappa shape index (κ3) is 3.06. The number of aromatic nitrogens is 1. The van der Waals surface area contributed by atoms with Crippen LogP contribution in [0.2, 0.25) is 0 Å². The second-order valence-corrected chi connectivity index (χ2v) is 6.23. The van der Waals surface area contributed by atoms with Gasteiger partial charge in [-0.3, -0.25) is 4.98 Å². The van der Waals surface area contributed by atoms with Gasteiger partial charge < -0.3 is 0 Å². The molecule has 0 amide bonds. The zero-order valence-electron chi connectivity index (χ0n) is 11.0. The molecular formula is C17H18BrN. The van der Waals surface area contributed by atoms with Crippen LogP contribution in [-0.2, 0) is 0 Å². The molecule has 1 nitrogen and oxygen atoms in total. The van der Waals surface area contributed by atoms with Crippen molar-refractivity contribution in [1.82, 2.24) is 4.98 Å². The predicted molar refractivity (Wildman–Crippen MR) is 83.2 cm³/mol. The van der Waals surface area contributed by atoms with E-state index in [0.29, 0.717) is 0 Å². The van der Waals surface area contributed by atoms with Crippen molar-refractivity contribution in [2.45, 2.75) is 38.0 Å². The van der Waals surface area contributed by atoms with Crippen molar-refractivity contribution in [3.63, 3.8) is 0 Å². The Kier molecular flexibility index (Phi) is 3.97. The first-order valence-corrected chi connectivity index (χ1v) is 7.84. The molecule has 2 aromatic rings. The minimum atomic E-state index is 0.736. The van der Waals surface area contributed by atoms with Gasteiger partial charge in [0.1, 0.15) is 0 Å². The molecule has 1 aliphatic carbocycles. The molecule has 0 unspecified atom stereocenters. The number of pyridine rings is 1. The highest BCUT2D eigenvalue weighted by Gasteiger charge is 2.15. The Morgan fingerprint density at radius 3 is 2.26 bits per heavy atom. The summed E-state index contributed by atoms with van der Waals surface area (Å²) in [7, 11) is 0. The van der Waals surface area contributed by atoms with Crippen LogP contribution in [0.3, 0.4) is 0 Å². The van der Waals surface area contributed by atoms with Crippen LogP contribution in [0, 0.1) is 0 Å². The van der Waals surface area contributed by atoms with E-state index in [4.69, 9.17) is 0 Å². The van der Waals surface area contributed by atoms with Crippen molar-refractivity contribution in [2.24, 2.45) is 0 Å². The largest absolute Gasteiger partial charge is 0.256 e. The fourth-order valence-corrected chi connectivity index (χ4v) is 3.14. The lowest BCUT2D eigenvalue weighted by Crippen LogP contribution is -2.04. The lowest BCUT2D eigenvalue weighted by Gasteiger charge is -2.21. The lowest BCUT2D eigenvalue weighted by molar-refractivity contribution is 0.443. The van der Waals surface area contributed by atoms with Gasteiger partial charge in [0, 0.05) is 16.2 Å². The van der Waals surface area contributed by atoms with Crippen molar-refractivity contribution < 1.29 is 0 Å². The fourth-order valence-electron chi connectivity index (χ4n) is 2.87. The average molecular weight is 316 g/mol. The summed E-state index contributed by atoms with van der Waals surface area (Å²) < 4.78 is 1.11. The Balaban J connectivity index is 1.80. The van der Waals surface area contributed by atoms with Gasteiger partial charge >= 0.3 is 0 Å². The molecule has 1 heterocycles. The Morgan fingerprint density at radius 2 is 1.63 bits per heavy atom. The Labute approximate surface area is 123 Å². The van der Waals surface area contributed by atoms with Gasteiger partial charge in [-0.2, -0.15) is 0 Å². The predicted octanol–water partition coefficient (Wildman–Crippen LogP) is 5.56. The van der Waals surface area contributed by atoms with E-state index in [2.05, 4.69) is 63.5 Å². The van der Waals surface area contributed by atoms with Crippen molar-refractivity contribution in [3.05, 3.63) is 52.6 Å². The van der Waals surface area contributed by atoms with E-state index in [-0.39, 0.29) is 0 Å². The van der Waals surface area contributed by atoms with Gasteiger partial charge in [-0.25, -0.2) is 0 Å². The van der Waals surface area contributed by atoms with Crippen LogP contribution in [-0.4, -0.2) is 4.98 Å². The monoisotopic (exact) mass is 315 g/mol. The second kappa shape index (κ2) is 5.87. The van der Waals surface area contributed by atoms with Gasteiger partial charge in [-0.05, 0) is 42.5 Å². The molecule has 0 aliphatic heterocycles. The maximum Gasteiger partial charge on any atom is 0.0702 e. The van der Waals surface area contributed by atoms with Crippen LogP contribution in [0.25, 0.3) is 11.3 Å². The van der Waals surface area contributed by atoms with E-state index < -0.39 is 0 Å². The summed E-state index contributed by atoms with van der Waals surface area (Å²) in [5.41, 5.74) is 3.66. The number of halogens is 1. The number of hydrogen-bond acceptors (Lipinski definition) is 1. The maximum absolute atomic E-state index is 4.64. The summed E-state index contributed by atoms with van der Waals surface area (Å²) in [6.07, 6.45) is 8.89. The molecule has 0 saturated heterocycles. The smallest absolute Gasteiger partial charge is 0.0702 e. The standard InChI is InChI=1S/C17H18BrN/c18-16-9-6-14(7-10-16)17-11-8-15(12-19-17)13-4-2-1-3-5-13/h6-13H,1-5H2. The molecule has 0 spiro atoms. The van der Waals surface area contributed by atoms with Crippen molar-refractivity contribution in [3.8, 4) is 11.3 Å². The molecule has 1 aliphatic rings. The first-order valence-electron chi connectivity index (χ1n) is 7.05. The molecular weight excluding hydrogens is 298 g/mol. The topological polar surface area (TPSA) is 12.9 Å². The van der Waals surface area contributed by atoms with Gasteiger partial charge in [-0.15, -0.1) is 0 Å². The number of benzene rings is 1. The first-order chi connectivity index (χ1) is 9.33. The summed E-state index contributed by atoms with van der Waals surface area (Å²) in [5, 5.41) is 0. The van der Waals surface area contributed by atoms with Crippen LogP contribution in [0.1, 0.15) is 43.6 Å². The molecule has 0 radical (unpaired) electrons. The van der Waals surface area contributed by atoms with Crippen LogP contribution in [0.5, 0.6) is 0 Å². The van der Waals surface area contributed by atoms with Crippen molar-refractivity contribution in [2.75, 3.05) is 0 Å². The highest BCUT2D eigenvalue weighted by Crippen LogP contribution is 2.32. The Bertz CT molecular complexity index is 524. The minimum absolute atomic E-state index is 0.736. The summed E-state index contributed by atoms with van der Waals surface area (Å²) in [6.45, 7) is 0. The van der Waals surface area contributed by atoms with E-state index in [1.54, 1.807) is 0 Å². The highest BCUT2D eigenvalue weighted by molar-refractivity contribution is 9.10. The molecule has 1 aromatic heterocycles. The zero-order valence-corrected chi connectivity index (χ0v) is 12.6. The molecule has 1 aromatic carbocycles. The van der Waals surface area contributed by atoms with Gasteiger partial charge in [0.25, 0.3) is 0 Å². The molecule has 19 heavy (non-hydrogen) atoms.